The lowest BCUT2D eigenvalue weighted by molar-refractivity contribution is 0.0628. The normalized spacial score (nSPS) is 15.0. The van der Waals surface area contributed by atoms with E-state index in [4.69, 9.17) is 9.47 Å². The number of carbonyl (C=O) groups excluding carboxylic acids is 1. The topological polar surface area (TPSA) is 54.9 Å². The first kappa shape index (κ1) is 17.2. The third-order valence-corrected chi connectivity index (χ3v) is 4.42. The molecule has 2 aromatic rings. The Kier molecular flexibility index (Phi) is 5.50. The maximum atomic E-state index is 12.5. The minimum Gasteiger partial charge on any atom is -0.493 e. The smallest absolute Gasteiger partial charge is 0.255 e. The van der Waals surface area contributed by atoms with Crippen LogP contribution in [0, 0.1) is 0 Å². The minimum atomic E-state index is 0.0545. The molecule has 1 saturated heterocycles. The molecule has 1 aromatic heterocycles. The Labute approximate surface area is 148 Å². The third-order valence-electron chi connectivity index (χ3n) is 4.42. The molecule has 3 rings (SSSR count). The summed E-state index contributed by atoms with van der Waals surface area (Å²) in [5.74, 6) is 1.53. The van der Waals surface area contributed by atoms with Crippen molar-refractivity contribution in [1.82, 2.24) is 14.8 Å². The highest BCUT2D eigenvalue weighted by molar-refractivity contribution is 5.93. The van der Waals surface area contributed by atoms with Gasteiger partial charge in [0.15, 0.2) is 11.5 Å². The maximum absolute atomic E-state index is 12.5. The summed E-state index contributed by atoms with van der Waals surface area (Å²) in [6, 6.07) is 9.59. The van der Waals surface area contributed by atoms with Crippen molar-refractivity contribution < 1.29 is 14.3 Å². The fourth-order valence-corrected chi connectivity index (χ4v) is 3.02. The quantitative estimate of drug-likeness (QED) is 0.833. The van der Waals surface area contributed by atoms with Crippen LogP contribution in [0.15, 0.2) is 42.7 Å². The molecule has 25 heavy (non-hydrogen) atoms. The number of ether oxygens (including phenoxy) is 2. The average molecular weight is 341 g/mol. The van der Waals surface area contributed by atoms with Crippen LogP contribution in [0.5, 0.6) is 11.5 Å². The van der Waals surface area contributed by atoms with Crippen molar-refractivity contribution in [1.29, 1.82) is 0 Å². The Morgan fingerprint density at radius 1 is 1.08 bits per heavy atom. The van der Waals surface area contributed by atoms with Crippen LogP contribution in [0.25, 0.3) is 0 Å². The van der Waals surface area contributed by atoms with Gasteiger partial charge in [-0.15, -0.1) is 0 Å². The predicted octanol–water partition coefficient (Wildman–Crippen LogP) is 2.06. The molecule has 1 fully saturated rings. The maximum Gasteiger partial charge on any atom is 0.255 e. The molecule has 0 spiro atoms. The van der Waals surface area contributed by atoms with E-state index >= 15 is 0 Å². The molecule has 0 radical (unpaired) electrons. The van der Waals surface area contributed by atoms with E-state index < -0.39 is 0 Å². The predicted molar refractivity (Wildman–Crippen MR) is 95.0 cm³/mol. The van der Waals surface area contributed by atoms with Crippen molar-refractivity contribution in [3.63, 3.8) is 0 Å². The molecule has 1 amide bonds. The van der Waals surface area contributed by atoms with Gasteiger partial charge in [-0.05, 0) is 29.8 Å². The van der Waals surface area contributed by atoms with E-state index in [-0.39, 0.29) is 5.91 Å². The Morgan fingerprint density at radius 2 is 1.84 bits per heavy atom. The zero-order chi connectivity index (χ0) is 17.6. The average Bonchev–Trinajstić information content (AvgIpc) is 2.68. The Bertz CT molecular complexity index is 713. The van der Waals surface area contributed by atoms with E-state index in [9.17, 15) is 4.79 Å². The van der Waals surface area contributed by atoms with Gasteiger partial charge in [-0.1, -0.05) is 6.07 Å². The summed E-state index contributed by atoms with van der Waals surface area (Å²) in [5, 5.41) is 0. The van der Waals surface area contributed by atoms with E-state index in [0.29, 0.717) is 5.56 Å². The summed E-state index contributed by atoms with van der Waals surface area (Å²) in [6.07, 6.45) is 3.30. The van der Waals surface area contributed by atoms with Crippen molar-refractivity contribution in [2.24, 2.45) is 0 Å². The van der Waals surface area contributed by atoms with Gasteiger partial charge < -0.3 is 14.4 Å². The van der Waals surface area contributed by atoms with Crippen LogP contribution in [-0.2, 0) is 6.54 Å². The first-order valence-corrected chi connectivity index (χ1v) is 8.34. The molecule has 1 aliphatic rings. The summed E-state index contributed by atoms with van der Waals surface area (Å²) >= 11 is 0. The number of methoxy groups -OCH3 is 2. The van der Waals surface area contributed by atoms with Crippen LogP contribution in [0.2, 0.25) is 0 Å². The highest BCUT2D eigenvalue weighted by Crippen LogP contribution is 2.28. The van der Waals surface area contributed by atoms with E-state index in [1.54, 1.807) is 32.7 Å². The van der Waals surface area contributed by atoms with Crippen LogP contribution >= 0.6 is 0 Å². The monoisotopic (exact) mass is 341 g/mol. The van der Waals surface area contributed by atoms with E-state index in [1.807, 2.05) is 23.1 Å². The highest BCUT2D eigenvalue weighted by atomic mass is 16.5. The lowest BCUT2D eigenvalue weighted by Crippen LogP contribution is -2.48. The summed E-state index contributed by atoms with van der Waals surface area (Å²) in [7, 11) is 3.28. The molecule has 0 atom stereocenters. The van der Waals surface area contributed by atoms with Crippen LogP contribution in [0.1, 0.15) is 15.9 Å². The van der Waals surface area contributed by atoms with Gasteiger partial charge in [-0.2, -0.15) is 0 Å². The summed E-state index contributed by atoms with van der Waals surface area (Å²) < 4.78 is 10.6. The largest absolute Gasteiger partial charge is 0.493 e. The fourth-order valence-electron chi connectivity index (χ4n) is 3.02. The number of amides is 1. The van der Waals surface area contributed by atoms with E-state index in [1.165, 1.54) is 5.56 Å². The van der Waals surface area contributed by atoms with Crippen LogP contribution < -0.4 is 9.47 Å². The molecule has 0 bridgehead atoms. The number of pyridine rings is 1. The lowest BCUT2D eigenvalue weighted by atomic mass is 10.1. The van der Waals surface area contributed by atoms with Gasteiger partial charge in [0.1, 0.15) is 0 Å². The first-order chi connectivity index (χ1) is 12.2. The Balaban J connectivity index is 1.57. The molecule has 2 heterocycles. The number of rotatable bonds is 5. The molecular weight excluding hydrogens is 318 g/mol. The minimum absolute atomic E-state index is 0.0545. The molecule has 1 aliphatic heterocycles. The Morgan fingerprint density at radius 3 is 2.48 bits per heavy atom. The van der Waals surface area contributed by atoms with E-state index in [2.05, 4.69) is 16.0 Å². The summed E-state index contributed by atoms with van der Waals surface area (Å²) in [4.78, 5) is 20.7. The fraction of sp³-hybridized carbons (Fsp3) is 0.368. The molecular formula is C19H23N3O3. The second-order valence-corrected chi connectivity index (χ2v) is 6.00. The summed E-state index contributed by atoms with van der Waals surface area (Å²) in [5.41, 5.74) is 1.82. The van der Waals surface area contributed by atoms with Crippen molar-refractivity contribution in [2.45, 2.75) is 6.54 Å². The molecule has 6 heteroatoms. The highest BCUT2D eigenvalue weighted by Gasteiger charge is 2.22. The summed E-state index contributed by atoms with van der Waals surface area (Å²) in [6.45, 7) is 3.97. The molecule has 6 nitrogen and oxygen atoms in total. The lowest BCUT2D eigenvalue weighted by Gasteiger charge is -2.34. The third kappa shape index (κ3) is 4.09. The first-order valence-electron chi connectivity index (χ1n) is 8.34. The number of hydrogen-bond donors (Lipinski definition) is 0. The number of nitrogens with zero attached hydrogens (tertiary/aromatic N) is 3. The Hall–Kier alpha value is -2.60. The van der Waals surface area contributed by atoms with E-state index in [0.717, 1.165) is 44.2 Å². The van der Waals surface area contributed by atoms with Gasteiger partial charge in [-0.25, -0.2) is 0 Å². The second kappa shape index (κ2) is 7.98. The van der Waals surface area contributed by atoms with Gasteiger partial charge in [0, 0.05) is 45.1 Å². The van der Waals surface area contributed by atoms with Crippen molar-refractivity contribution in [3.05, 3.63) is 53.9 Å². The molecule has 0 saturated carbocycles. The van der Waals surface area contributed by atoms with Crippen molar-refractivity contribution in [2.75, 3.05) is 40.4 Å². The molecule has 0 N–H and O–H groups in total. The molecule has 1 aromatic carbocycles. The van der Waals surface area contributed by atoms with Gasteiger partial charge >= 0.3 is 0 Å². The molecule has 0 unspecified atom stereocenters. The number of hydrogen-bond acceptors (Lipinski definition) is 5. The van der Waals surface area contributed by atoms with Gasteiger partial charge in [0.25, 0.3) is 5.91 Å². The number of carbonyl (C=O) groups is 1. The van der Waals surface area contributed by atoms with Crippen LogP contribution in [-0.4, -0.2) is 61.1 Å². The second-order valence-electron chi connectivity index (χ2n) is 6.00. The molecule has 0 aliphatic carbocycles. The molecule has 132 valence electrons. The van der Waals surface area contributed by atoms with Gasteiger partial charge in [-0.3, -0.25) is 14.7 Å². The van der Waals surface area contributed by atoms with Crippen LogP contribution in [0.3, 0.4) is 0 Å². The zero-order valence-electron chi connectivity index (χ0n) is 14.6. The number of piperazine rings is 1. The number of benzene rings is 1. The number of aromatic nitrogens is 1. The van der Waals surface area contributed by atoms with Gasteiger partial charge in [0.2, 0.25) is 0 Å². The zero-order valence-corrected chi connectivity index (χ0v) is 14.6. The van der Waals surface area contributed by atoms with Crippen molar-refractivity contribution >= 4 is 5.91 Å². The SMILES string of the molecule is COc1ccc(CN2CCN(C(=O)c3cccnc3)CC2)cc1OC. The van der Waals surface area contributed by atoms with Crippen molar-refractivity contribution in [3.8, 4) is 11.5 Å². The van der Waals surface area contributed by atoms with Crippen LogP contribution in [0.4, 0.5) is 0 Å². The standard InChI is InChI=1S/C19H23N3O3/c1-24-17-6-5-15(12-18(17)25-2)14-21-8-10-22(11-9-21)19(23)16-4-3-7-20-13-16/h3-7,12-13H,8-11,14H2,1-2H3. The van der Waals surface area contributed by atoms with Gasteiger partial charge in [0.05, 0.1) is 19.8 Å².